The van der Waals surface area contributed by atoms with Gasteiger partial charge in [0.1, 0.15) is 5.75 Å². The standard InChI is InChI=1S/C30H30Cl2N8O4S/c1-44-25-3-2-4-26(16-25)45(42,43)39-11-9-20(10-12-39)28-17-27(22-13-23(31)15-24(32)14-22)36-40(28)18-19-5-7-21(8-6-19)29(41)33-30-34-37-38-35-30/h2-8,13-17,20,27,36H,9-12,18H2,1H3,(H2,33,34,35,37,38,41). The summed E-state index contributed by atoms with van der Waals surface area (Å²) in [6.45, 7) is 1.27. The van der Waals surface area contributed by atoms with Crippen LogP contribution in [0.15, 0.2) is 83.4 Å². The third kappa shape index (κ3) is 6.97. The number of allylic oxidation sites excluding steroid dienone is 1. The Morgan fingerprint density at radius 2 is 1.78 bits per heavy atom. The fourth-order valence-corrected chi connectivity index (χ4v) is 7.64. The quantitative estimate of drug-likeness (QED) is 0.229. The van der Waals surface area contributed by atoms with Crippen LogP contribution < -0.4 is 15.5 Å². The summed E-state index contributed by atoms with van der Waals surface area (Å²) in [6, 6.07) is 19.1. The van der Waals surface area contributed by atoms with Crippen molar-refractivity contribution in [2.75, 3.05) is 25.5 Å². The summed E-state index contributed by atoms with van der Waals surface area (Å²) in [5.41, 5.74) is 6.97. The lowest BCUT2D eigenvalue weighted by Gasteiger charge is -2.35. The summed E-state index contributed by atoms with van der Waals surface area (Å²) >= 11 is 12.7. The van der Waals surface area contributed by atoms with Gasteiger partial charge in [-0.1, -0.05) is 46.5 Å². The SMILES string of the molecule is COc1cccc(S(=O)(=O)N2CCC(C3=CC(c4cc(Cl)cc(Cl)c4)NN3Cc3ccc(C(=O)Nc4nn[nH]n4)cc3)CC2)c1. The molecule has 234 valence electrons. The van der Waals surface area contributed by atoms with Crippen molar-refractivity contribution >= 4 is 45.1 Å². The highest BCUT2D eigenvalue weighted by atomic mass is 35.5. The van der Waals surface area contributed by atoms with Gasteiger partial charge in [0, 0.05) is 46.4 Å². The molecule has 6 rings (SSSR count). The molecule has 12 nitrogen and oxygen atoms in total. The molecule has 1 saturated heterocycles. The number of nitrogens with zero attached hydrogens (tertiary/aromatic N) is 5. The number of hydrogen-bond donors (Lipinski definition) is 3. The molecule has 1 unspecified atom stereocenters. The van der Waals surface area contributed by atoms with E-state index in [1.807, 2.05) is 24.3 Å². The van der Waals surface area contributed by atoms with Crippen LogP contribution in [-0.4, -0.2) is 64.5 Å². The van der Waals surface area contributed by atoms with Crippen LogP contribution in [0.2, 0.25) is 10.0 Å². The van der Waals surface area contributed by atoms with Crippen molar-refractivity contribution in [1.82, 2.24) is 35.4 Å². The van der Waals surface area contributed by atoms with Crippen LogP contribution in [0.4, 0.5) is 5.95 Å². The minimum atomic E-state index is -3.67. The number of rotatable bonds is 9. The number of hydrazine groups is 1. The molecular weight excluding hydrogens is 639 g/mol. The van der Waals surface area contributed by atoms with Crippen molar-refractivity contribution in [2.45, 2.75) is 30.3 Å². The maximum atomic E-state index is 13.4. The molecule has 0 bridgehead atoms. The van der Waals surface area contributed by atoms with Crippen LogP contribution in [0.5, 0.6) is 5.75 Å². The zero-order valence-corrected chi connectivity index (χ0v) is 26.5. The van der Waals surface area contributed by atoms with Crippen molar-refractivity contribution in [3.63, 3.8) is 0 Å². The predicted octanol–water partition coefficient (Wildman–Crippen LogP) is 4.81. The van der Waals surface area contributed by atoms with Crippen LogP contribution >= 0.6 is 23.2 Å². The highest BCUT2D eigenvalue weighted by Crippen LogP contribution is 2.37. The molecular formula is C30H30Cl2N8O4S. The van der Waals surface area contributed by atoms with Crippen molar-refractivity contribution in [2.24, 2.45) is 5.92 Å². The third-order valence-corrected chi connectivity index (χ3v) is 10.2. The largest absolute Gasteiger partial charge is 0.497 e. The zero-order chi connectivity index (χ0) is 31.6. The number of piperidine rings is 1. The summed E-state index contributed by atoms with van der Waals surface area (Å²) in [5.74, 6) is 0.344. The normalized spacial score (nSPS) is 17.7. The Labute approximate surface area is 270 Å². The Morgan fingerprint density at radius 3 is 2.44 bits per heavy atom. The number of aromatic amines is 1. The fourth-order valence-electron chi connectivity index (χ4n) is 5.59. The summed E-state index contributed by atoms with van der Waals surface area (Å²) in [7, 11) is -2.15. The molecule has 0 aliphatic carbocycles. The molecule has 0 radical (unpaired) electrons. The van der Waals surface area contributed by atoms with Gasteiger partial charge in [0.05, 0.1) is 24.6 Å². The molecule has 1 fully saturated rings. The Kier molecular flexibility index (Phi) is 9.06. The van der Waals surface area contributed by atoms with Gasteiger partial charge in [0.2, 0.25) is 10.0 Å². The molecule has 2 aliphatic heterocycles. The molecule has 1 atom stereocenters. The number of H-pyrrole nitrogens is 1. The number of ether oxygens (including phenoxy) is 1. The highest BCUT2D eigenvalue weighted by molar-refractivity contribution is 7.89. The van der Waals surface area contributed by atoms with Crippen molar-refractivity contribution < 1.29 is 17.9 Å². The first-order valence-corrected chi connectivity index (χ1v) is 16.4. The molecule has 45 heavy (non-hydrogen) atoms. The van der Waals surface area contributed by atoms with Gasteiger partial charge in [0.15, 0.2) is 0 Å². The van der Waals surface area contributed by atoms with Crippen LogP contribution in [0.1, 0.15) is 40.4 Å². The third-order valence-electron chi connectivity index (χ3n) is 7.87. The maximum Gasteiger partial charge on any atom is 0.270 e. The number of carbonyl (C=O) groups excluding carboxylic acids is 1. The van der Waals surface area contributed by atoms with Crippen LogP contribution in [0.3, 0.4) is 0 Å². The lowest BCUT2D eigenvalue weighted by Crippen LogP contribution is -2.41. The number of methoxy groups -OCH3 is 1. The van der Waals surface area contributed by atoms with E-state index in [-0.39, 0.29) is 28.7 Å². The molecule has 3 aromatic carbocycles. The summed E-state index contributed by atoms with van der Waals surface area (Å²) in [6.07, 6.45) is 3.45. The van der Waals surface area contributed by atoms with E-state index in [9.17, 15) is 13.2 Å². The Morgan fingerprint density at radius 1 is 1.04 bits per heavy atom. The van der Waals surface area contributed by atoms with Gasteiger partial charge in [-0.2, -0.15) is 9.52 Å². The maximum absolute atomic E-state index is 13.4. The summed E-state index contributed by atoms with van der Waals surface area (Å²) < 4.78 is 33.6. The van der Waals surface area contributed by atoms with E-state index in [1.54, 1.807) is 42.5 Å². The van der Waals surface area contributed by atoms with E-state index in [0.717, 1.165) is 16.8 Å². The van der Waals surface area contributed by atoms with E-state index in [4.69, 9.17) is 27.9 Å². The second kappa shape index (κ2) is 13.2. The highest BCUT2D eigenvalue weighted by Gasteiger charge is 2.35. The first kappa shape index (κ1) is 31.0. The lowest BCUT2D eigenvalue weighted by molar-refractivity contribution is 0.102. The number of aromatic nitrogens is 4. The van der Waals surface area contributed by atoms with Gasteiger partial charge in [-0.25, -0.2) is 13.8 Å². The molecule has 0 spiro atoms. The van der Waals surface area contributed by atoms with Crippen molar-refractivity contribution in [3.05, 3.63) is 105 Å². The fraction of sp³-hybridized carbons (Fsp3) is 0.267. The Hall–Kier alpha value is -4.01. The molecule has 15 heteroatoms. The van der Waals surface area contributed by atoms with Gasteiger partial charge in [-0.3, -0.25) is 10.1 Å². The number of hydrogen-bond acceptors (Lipinski definition) is 9. The number of sulfonamides is 1. The van der Waals surface area contributed by atoms with Crippen molar-refractivity contribution in [3.8, 4) is 5.75 Å². The zero-order valence-electron chi connectivity index (χ0n) is 24.2. The molecule has 1 amide bonds. The molecule has 0 saturated carbocycles. The summed E-state index contributed by atoms with van der Waals surface area (Å²) in [4.78, 5) is 12.8. The van der Waals surface area contributed by atoms with Gasteiger partial charge >= 0.3 is 0 Å². The average Bonchev–Trinajstić information content (AvgIpc) is 3.71. The minimum Gasteiger partial charge on any atom is -0.497 e. The van der Waals surface area contributed by atoms with E-state index in [0.29, 0.717) is 53.8 Å². The molecule has 3 N–H and O–H groups in total. The first-order chi connectivity index (χ1) is 21.7. The smallest absolute Gasteiger partial charge is 0.270 e. The molecule has 2 aliphatic rings. The van der Waals surface area contributed by atoms with Crippen LogP contribution in [-0.2, 0) is 16.6 Å². The van der Waals surface area contributed by atoms with Gasteiger partial charge < -0.3 is 9.75 Å². The monoisotopic (exact) mass is 668 g/mol. The van der Waals surface area contributed by atoms with E-state index in [2.05, 4.69) is 42.5 Å². The number of anilines is 1. The summed E-state index contributed by atoms with van der Waals surface area (Å²) in [5, 5.41) is 19.0. The lowest BCUT2D eigenvalue weighted by atomic mass is 9.93. The van der Waals surface area contributed by atoms with Crippen LogP contribution in [0.25, 0.3) is 0 Å². The number of nitrogens with one attached hydrogen (secondary N) is 3. The number of tetrazole rings is 1. The Balaban J connectivity index is 1.19. The molecule has 3 heterocycles. The number of benzene rings is 3. The van der Waals surface area contributed by atoms with Crippen LogP contribution in [0, 0.1) is 5.92 Å². The van der Waals surface area contributed by atoms with Gasteiger partial charge in [-0.15, -0.1) is 5.10 Å². The van der Waals surface area contributed by atoms with E-state index < -0.39 is 10.0 Å². The van der Waals surface area contributed by atoms with Gasteiger partial charge in [0.25, 0.3) is 11.9 Å². The topological polar surface area (TPSA) is 145 Å². The minimum absolute atomic E-state index is 0.0922. The number of amides is 1. The first-order valence-electron chi connectivity index (χ1n) is 14.2. The average molecular weight is 670 g/mol. The molecule has 4 aromatic rings. The van der Waals surface area contributed by atoms with E-state index in [1.165, 1.54) is 11.4 Å². The second-order valence-corrected chi connectivity index (χ2v) is 13.5. The van der Waals surface area contributed by atoms with Crippen molar-refractivity contribution in [1.29, 1.82) is 0 Å². The van der Waals surface area contributed by atoms with Gasteiger partial charge in [-0.05, 0) is 77.7 Å². The molecule has 1 aromatic heterocycles. The Bertz CT molecular complexity index is 1790. The number of halogens is 2. The second-order valence-electron chi connectivity index (χ2n) is 10.7. The predicted molar refractivity (Wildman–Crippen MR) is 169 cm³/mol. The number of carbonyl (C=O) groups is 1. The van der Waals surface area contributed by atoms with E-state index >= 15 is 0 Å².